The second-order valence-corrected chi connectivity index (χ2v) is 7.16. The van der Waals surface area contributed by atoms with Gasteiger partial charge in [-0.3, -0.25) is 4.90 Å². The largest absolute Gasteiger partial charge is 0.330 e. The van der Waals surface area contributed by atoms with Crippen LogP contribution in [0.4, 0.5) is 0 Å². The van der Waals surface area contributed by atoms with Gasteiger partial charge in [-0.05, 0) is 44.3 Å². The van der Waals surface area contributed by atoms with Crippen LogP contribution in [0.15, 0.2) is 35.7 Å². The maximum atomic E-state index is 6.06. The summed E-state index contributed by atoms with van der Waals surface area (Å²) in [4.78, 5) is 7.23. The molecule has 1 unspecified atom stereocenters. The maximum absolute atomic E-state index is 6.06. The fourth-order valence-corrected chi connectivity index (χ4v) is 4.40. The van der Waals surface area contributed by atoms with Crippen molar-refractivity contribution in [2.24, 2.45) is 11.7 Å². The zero-order valence-corrected chi connectivity index (χ0v) is 14.1. The van der Waals surface area contributed by atoms with Crippen LogP contribution in [0.5, 0.6) is 0 Å². The number of nitrogens with zero attached hydrogens (tertiary/aromatic N) is 2. The molecule has 1 aliphatic heterocycles. The fraction of sp³-hybridized carbons (Fsp3) is 0.500. The van der Waals surface area contributed by atoms with Crippen LogP contribution in [0, 0.1) is 12.8 Å². The number of hydrogen-bond acceptors (Lipinski definition) is 4. The van der Waals surface area contributed by atoms with Gasteiger partial charge in [0.1, 0.15) is 0 Å². The molecule has 0 radical (unpaired) electrons. The first-order chi connectivity index (χ1) is 10.8. The molecule has 1 fully saturated rings. The summed E-state index contributed by atoms with van der Waals surface area (Å²) in [5.41, 5.74) is 8.59. The minimum atomic E-state index is 0.442. The molecule has 1 aromatic carbocycles. The SMILES string of the molecule is Cc1csc(C(CN)C2CCN(Cc3ccccc3)CC2)n1. The second-order valence-electron chi connectivity index (χ2n) is 6.27. The fourth-order valence-electron chi connectivity index (χ4n) is 3.39. The Bertz CT molecular complexity index is 573. The molecule has 0 amide bonds. The summed E-state index contributed by atoms with van der Waals surface area (Å²) in [7, 11) is 0. The van der Waals surface area contributed by atoms with Gasteiger partial charge in [0, 0.05) is 30.1 Å². The first kappa shape index (κ1) is 15.7. The summed E-state index contributed by atoms with van der Waals surface area (Å²) >= 11 is 1.77. The monoisotopic (exact) mass is 315 g/mol. The summed E-state index contributed by atoms with van der Waals surface area (Å²) in [6, 6.07) is 10.8. The van der Waals surface area contributed by atoms with E-state index in [1.54, 1.807) is 11.3 Å². The summed E-state index contributed by atoms with van der Waals surface area (Å²) in [6.07, 6.45) is 2.46. The highest BCUT2D eigenvalue weighted by atomic mass is 32.1. The highest BCUT2D eigenvalue weighted by Crippen LogP contribution is 2.33. The van der Waals surface area contributed by atoms with E-state index in [2.05, 4.69) is 52.5 Å². The Morgan fingerprint density at radius 2 is 2.00 bits per heavy atom. The van der Waals surface area contributed by atoms with Crippen molar-refractivity contribution in [1.82, 2.24) is 9.88 Å². The zero-order chi connectivity index (χ0) is 15.4. The number of nitrogens with two attached hydrogens (primary N) is 1. The van der Waals surface area contributed by atoms with Crippen molar-refractivity contribution < 1.29 is 0 Å². The number of benzene rings is 1. The van der Waals surface area contributed by atoms with Crippen LogP contribution in [0.1, 0.15) is 35.0 Å². The molecule has 1 aromatic heterocycles. The molecule has 0 spiro atoms. The van der Waals surface area contributed by atoms with E-state index in [0.717, 1.165) is 18.8 Å². The molecule has 118 valence electrons. The third kappa shape index (κ3) is 3.75. The number of aryl methyl sites for hydroxylation is 1. The molecule has 2 heterocycles. The van der Waals surface area contributed by atoms with Gasteiger partial charge < -0.3 is 5.73 Å². The molecule has 0 aliphatic carbocycles. The quantitative estimate of drug-likeness (QED) is 0.919. The second kappa shape index (κ2) is 7.36. The number of aromatic nitrogens is 1. The molecule has 1 atom stereocenters. The third-order valence-corrected chi connectivity index (χ3v) is 5.75. The van der Waals surface area contributed by atoms with Crippen molar-refractivity contribution in [2.75, 3.05) is 19.6 Å². The maximum Gasteiger partial charge on any atom is 0.0974 e. The van der Waals surface area contributed by atoms with Crippen LogP contribution in [-0.2, 0) is 6.54 Å². The van der Waals surface area contributed by atoms with E-state index in [-0.39, 0.29) is 0 Å². The molecule has 2 aromatic rings. The predicted octanol–water partition coefficient (Wildman–Crippen LogP) is 3.41. The smallest absolute Gasteiger partial charge is 0.0974 e. The van der Waals surface area contributed by atoms with Gasteiger partial charge in [-0.15, -0.1) is 11.3 Å². The molecular formula is C18H25N3S. The molecule has 2 N–H and O–H groups in total. The Labute approximate surface area is 137 Å². The number of rotatable bonds is 5. The van der Waals surface area contributed by atoms with Crippen molar-refractivity contribution >= 4 is 11.3 Å². The highest BCUT2D eigenvalue weighted by molar-refractivity contribution is 7.09. The van der Waals surface area contributed by atoms with Crippen LogP contribution in [0.3, 0.4) is 0 Å². The summed E-state index contributed by atoms with van der Waals surface area (Å²) in [6.45, 7) is 6.18. The van der Waals surface area contributed by atoms with Crippen LogP contribution >= 0.6 is 11.3 Å². The van der Waals surface area contributed by atoms with Gasteiger partial charge >= 0.3 is 0 Å². The first-order valence-corrected chi connectivity index (χ1v) is 9.02. The van der Waals surface area contributed by atoms with E-state index >= 15 is 0 Å². The molecule has 0 saturated carbocycles. The van der Waals surface area contributed by atoms with Crippen molar-refractivity contribution in [2.45, 2.75) is 32.2 Å². The summed E-state index contributed by atoms with van der Waals surface area (Å²) in [5, 5.41) is 3.38. The molecule has 22 heavy (non-hydrogen) atoms. The van der Waals surface area contributed by atoms with Gasteiger partial charge in [-0.1, -0.05) is 30.3 Å². The van der Waals surface area contributed by atoms with E-state index in [4.69, 9.17) is 5.73 Å². The van der Waals surface area contributed by atoms with Gasteiger partial charge in [-0.2, -0.15) is 0 Å². The van der Waals surface area contributed by atoms with Crippen LogP contribution in [0.25, 0.3) is 0 Å². The van der Waals surface area contributed by atoms with Gasteiger partial charge in [0.15, 0.2) is 0 Å². The first-order valence-electron chi connectivity index (χ1n) is 8.14. The van der Waals surface area contributed by atoms with E-state index in [0.29, 0.717) is 11.8 Å². The standard InChI is InChI=1S/C18H25N3S/c1-14-13-22-18(20-14)17(11-19)16-7-9-21(10-8-16)12-15-5-3-2-4-6-15/h2-6,13,16-17H,7-12,19H2,1H3. The molecule has 1 saturated heterocycles. The summed E-state index contributed by atoms with van der Waals surface area (Å²) < 4.78 is 0. The van der Waals surface area contributed by atoms with Crippen LogP contribution in [-0.4, -0.2) is 29.5 Å². The zero-order valence-electron chi connectivity index (χ0n) is 13.2. The van der Waals surface area contributed by atoms with Gasteiger partial charge in [0.25, 0.3) is 0 Å². The Kier molecular flexibility index (Phi) is 5.24. The number of thiazole rings is 1. The lowest BCUT2D eigenvalue weighted by atomic mass is 9.84. The number of likely N-dealkylation sites (tertiary alicyclic amines) is 1. The highest BCUT2D eigenvalue weighted by Gasteiger charge is 2.28. The van der Waals surface area contributed by atoms with Crippen molar-refractivity contribution in [3.8, 4) is 0 Å². The predicted molar refractivity (Wildman–Crippen MR) is 93.1 cm³/mol. The van der Waals surface area contributed by atoms with Crippen molar-refractivity contribution in [3.05, 3.63) is 52.0 Å². The van der Waals surface area contributed by atoms with E-state index < -0.39 is 0 Å². The van der Waals surface area contributed by atoms with Gasteiger partial charge in [0.2, 0.25) is 0 Å². The third-order valence-electron chi connectivity index (χ3n) is 4.66. The molecule has 0 bridgehead atoms. The molecular weight excluding hydrogens is 290 g/mol. The van der Waals surface area contributed by atoms with Gasteiger partial charge in [0.05, 0.1) is 5.01 Å². The Morgan fingerprint density at radius 3 is 2.59 bits per heavy atom. The lowest BCUT2D eigenvalue weighted by Crippen LogP contribution is -2.36. The Hall–Kier alpha value is -1.23. The van der Waals surface area contributed by atoms with Gasteiger partial charge in [-0.25, -0.2) is 4.98 Å². The molecule has 3 nitrogen and oxygen atoms in total. The Morgan fingerprint density at radius 1 is 1.27 bits per heavy atom. The number of hydrogen-bond donors (Lipinski definition) is 1. The lowest BCUT2D eigenvalue weighted by molar-refractivity contribution is 0.162. The van der Waals surface area contributed by atoms with Crippen LogP contribution < -0.4 is 5.73 Å². The number of piperidine rings is 1. The molecule has 1 aliphatic rings. The normalized spacial score (nSPS) is 18.5. The topological polar surface area (TPSA) is 42.1 Å². The van der Waals surface area contributed by atoms with E-state index in [1.165, 1.54) is 36.5 Å². The minimum absolute atomic E-state index is 0.442. The average Bonchev–Trinajstić information content (AvgIpc) is 2.97. The van der Waals surface area contributed by atoms with Crippen molar-refractivity contribution in [1.29, 1.82) is 0 Å². The van der Waals surface area contributed by atoms with E-state index in [9.17, 15) is 0 Å². The summed E-state index contributed by atoms with van der Waals surface area (Å²) in [5.74, 6) is 1.13. The van der Waals surface area contributed by atoms with Crippen LogP contribution in [0.2, 0.25) is 0 Å². The minimum Gasteiger partial charge on any atom is -0.330 e. The van der Waals surface area contributed by atoms with Crippen molar-refractivity contribution in [3.63, 3.8) is 0 Å². The van der Waals surface area contributed by atoms with E-state index in [1.807, 2.05) is 0 Å². The molecule has 4 heteroatoms. The lowest BCUT2D eigenvalue weighted by Gasteiger charge is -2.35. The Balaban J connectivity index is 1.56. The molecule has 3 rings (SSSR count). The average molecular weight is 315 g/mol.